The fourth-order valence-corrected chi connectivity index (χ4v) is 7.83. The molecule has 7 heteroatoms. The third kappa shape index (κ3) is 4.06. The summed E-state index contributed by atoms with van der Waals surface area (Å²) in [6.07, 6.45) is 3.69. The molecule has 0 atom stereocenters. The largest absolute Gasteiger partial charge is 0.464 e. The van der Waals surface area contributed by atoms with Crippen LogP contribution in [0, 0.1) is 0 Å². The molecular weight excluding hydrogens is 515 g/mol. The highest BCUT2D eigenvalue weighted by Gasteiger charge is 2.28. The lowest BCUT2D eigenvalue weighted by Crippen LogP contribution is -2.07. The van der Waals surface area contributed by atoms with Gasteiger partial charge in [0.25, 0.3) is 0 Å². The van der Waals surface area contributed by atoms with Crippen LogP contribution in [0.15, 0.2) is 87.3 Å². The first-order valence-corrected chi connectivity index (χ1v) is 15.2. The van der Waals surface area contributed by atoms with Crippen molar-refractivity contribution in [3.63, 3.8) is 0 Å². The van der Waals surface area contributed by atoms with Gasteiger partial charge in [-0.25, -0.2) is 15.0 Å². The zero-order valence-corrected chi connectivity index (χ0v) is 22.7. The van der Waals surface area contributed by atoms with Crippen LogP contribution in [0.5, 0.6) is 0 Å². The van der Waals surface area contributed by atoms with E-state index in [2.05, 4.69) is 61.5 Å². The Morgan fingerprint density at radius 1 is 0.892 bits per heavy atom. The number of benzene rings is 2. The molecule has 1 aliphatic carbocycles. The number of nitrogens with zero attached hydrogens (tertiary/aromatic N) is 3. The molecule has 37 heavy (non-hydrogen) atoms. The van der Waals surface area contributed by atoms with Crippen molar-refractivity contribution in [3.8, 4) is 22.6 Å². The molecule has 4 heterocycles. The summed E-state index contributed by atoms with van der Waals surface area (Å²) >= 11 is 5.25. The maximum Gasteiger partial charge on any atom is 0.140 e. The SMILES string of the molecule is CCSc1nc(CSc2ccccc2)nc2c1sc1nc3c(c(-c4ccco4)c12)CCc1ccccc1-3. The number of aryl methyl sites for hydroxylation is 1. The molecule has 6 aromatic rings. The van der Waals surface area contributed by atoms with E-state index in [1.165, 1.54) is 21.6 Å². The van der Waals surface area contributed by atoms with Gasteiger partial charge in [0.2, 0.25) is 0 Å². The summed E-state index contributed by atoms with van der Waals surface area (Å²) in [6.45, 7) is 2.17. The molecule has 0 radical (unpaired) electrons. The van der Waals surface area contributed by atoms with Crippen LogP contribution in [0.1, 0.15) is 23.9 Å². The van der Waals surface area contributed by atoms with E-state index in [9.17, 15) is 0 Å². The minimum absolute atomic E-state index is 0.719. The highest BCUT2D eigenvalue weighted by Crippen LogP contribution is 2.47. The number of fused-ring (bicyclic) bond motifs is 6. The molecule has 0 bridgehead atoms. The van der Waals surface area contributed by atoms with Crippen LogP contribution in [-0.2, 0) is 18.6 Å². The first kappa shape index (κ1) is 23.0. The molecule has 2 aromatic carbocycles. The normalized spacial score (nSPS) is 12.7. The first-order valence-electron chi connectivity index (χ1n) is 12.4. The van der Waals surface area contributed by atoms with Gasteiger partial charge in [-0.2, -0.15) is 0 Å². The molecule has 4 aromatic heterocycles. The molecule has 4 nitrogen and oxygen atoms in total. The Kier molecular flexibility index (Phi) is 5.99. The van der Waals surface area contributed by atoms with E-state index >= 15 is 0 Å². The number of furan rings is 1. The van der Waals surface area contributed by atoms with Crippen molar-refractivity contribution in [1.29, 1.82) is 0 Å². The van der Waals surface area contributed by atoms with Gasteiger partial charge in [-0.3, -0.25) is 0 Å². The maximum absolute atomic E-state index is 6.04. The van der Waals surface area contributed by atoms with Crippen molar-refractivity contribution >= 4 is 55.3 Å². The van der Waals surface area contributed by atoms with Crippen LogP contribution < -0.4 is 0 Å². The highest BCUT2D eigenvalue weighted by molar-refractivity contribution is 7.99. The van der Waals surface area contributed by atoms with Crippen LogP contribution in [0.4, 0.5) is 0 Å². The van der Waals surface area contributed by atoms with E-state index in [1.54, 1.807) is 41.1 Å². The fourth-order valence-electron chi connectivity index (χ4n) is 5.08. The molecule has 0 amide bonds. The van der Waals surface area contributed by atoms with E-state index in [1.807, 2.05) is 12.1 Å². The molecule has 0 unspecified atom stereocenters. The van der Waals surface area contributed by atoms with E-state index in [0.29, 0.717) is 0 Å². The molecule has 0 fully saturated rings. The molecule has 182 valence electrons. The molecular formula is C30H23N3OS3. The lowest BCUT2D eigenvalue weighted by atomic mass is 9.85. The number of rotatable bonds is 6. The summed E-state index contributed by atoms with van der Waals surface area (Å²) in [5.41, 5.74) is 7.05. The third-order valence-electron chi connectivity index (χ3n) is 6.66. The van der Waals surface area contributed by atoms with Gasteiger partial charge >= 0.3 is 0 Å². The fraction of sp³-hybridized carbons (Fsp3) is 0.167. The summed E-state index contributed by atoms with van der Waals surface area (Å²) in [5, 5.41) is 2.14. The van der Waals surface area contributed by atoms with Gasteiger partial charge in [-0.15, -0.1) is 34.9 Å². The molecule has 0 saturated heterocycles. The monoisotopic (exact) mass is 537 g/mol. The van der Waals surface area contributed by atoms with Crippen molar-refractivity contribution in [2.24, 2.45) is 0 Å². The highest BCUT2D eigenvalue weighted by atomic mass is 32.2. The Balaban J connectivity index is 1.49. The van der Waals surface area contributed by atoms with Gasteiger partial charge in [0.05, 0.1) is 27.9 Å². The number of thioether (sulfide) groups is 2. The average Bonchev–Trinajstić information content (AvgIpc) is 3.60. The minimum Gasteiger partial charge on any atom is -0.464 e. The van der Waals surface area contributed by atoms with Crippen molar-refractivity contribution < 1.29 is 4.42 Å². The standard InChI is InChI=1S/C30H23N3OS3/c1-2-35-30-28-27(31-23(32-30)17-36-19-10-4-3-5-11-19)25-24(22-13-8-16-34-22)21-15-14-18-9-6-7-12-20(18)26(21)33-29(25)37-28/h3-13,16H,2,14-15,17H2,1H3. The van der Waals surface area contributed by atoms with Crippen LogP contribution in [0.25, 0.3) is 43.0 Å². The maximum atomic E-state index is 6.04. The lowest BCUT2D eigenvalue weighted by Gasteiger charge is -2.21. The molecule has 0 saturated carbocycles. The van der Waals surface area contributed by atoms with Crippen LogP contribution in [0.3, 0.4) is 0 Å². The molecule has 1 aliphatic rings. The predicted molar refractivity (Wildman–Crippen MR) is 156 cm³/mol. The van der Waals surface area contributed by atoms with Gasteiger partial charge in [0, 0.05) is 21.4 Å². The van der Waals surface area contributed by atoms with E-state index in [-0.39, 0.29) is 0 Å². The summed E-state index contributed by atoms with van der Waals surface area (Å²) in [4.78, 5) is 17.7. The Hall–Kier alpha value is -3.13. The van der Waals surface area contributed by atoms with Gasteiger partial charge in [0.15, 0.2) is 0 Å². The zero-order chi connectivity index (χ0) is 24.8. The molecule has 7 rings (SSSR count). The van der Waals surface area contributed by atoms with Crippen molar-refractivity contribution in [2.75, 3.05) is 5.75 Å². The van der Waals surface area contributed by atoms with Gasteiger partial charge in [0.1, 0.15) is 21.4 Å². The Bertz CT molecular complexity index is 1740. The van der Waals surface area contributed by atoms with Gasteiger partial charge < -0.3 is 4.42 Å². The van der Waals surface area contributed by atoms with Crippen LogP contribution in [0.2, 0.25) is 0 Å². The minimum atomic E-state index is 0.719. The average molecular weight is 538 g/mol. The summed E-state index contributed by atoms with van der Waals surface area (Å²) < 4.78 is 7.15. The summed E-state index contributed by atoms with van der Waals surface area (Å²) in [6, 6.07) is 23.1. The number of hydrogen-bond acceptors (Lipinski definition) is 7. The Morgan fingerprint density at radius 3 is 2.59 bits per heavy atom. The topological polar surface area (TPSA) is 51.8 Å². The predicted octanol–water partition coefficient (Wildman–Crippen LogP) is 8.67. The van der Waals surface area contributed by atoms with Crippen molar-refractivity contribution in [2.45, 2.75) is 35.4 Å². The molecule has 0 spiro atoms. The van der Waals surface area contributed by atoms with E-state index in [4.69, 9.17) is 19.4 Å². The van der Waals surface area contributed by atoms with Crippen LogP contribution in [-0.4, -0.2) is 20.7 Å². The second kappa shape index (κ2) is 9.63. The molecule has 0 aliphatic heterocycles. The quantitative estimate of drug-likeness (QED) is 0.156. The number of thiophene rings is 1. The second-order valence-corrected chi connectivity index (χ2v) is 12.2. The lowest BCUT2D eigenvalue weighted by molar-refractivity contribution is 0.582. The summed E-state index contributed by atoms with van der Waals surface area (Å²) in [5.74, 6) is 3.40. The number of pyridine rings is 1. The summed E-state index contributed by atoms with van der Waals surface area (Å²) in [7, 11) is 0. The van der Waals surface area contributed by atoms with E-state index < -0.39 is 0 Å². The second-order valence-electron chi connectivity index (χ2n) is 8.89. The van der Waals surface area contributed by atoms with Crippen LogP contribution >= 0.6 is 34.9 Å². The zero-order valence-electron chi connectivity index (χ0n) is 20.2. The number of aromatic nitrogens is 3. The first-order chi connectivity index (χ1) is 18.3. The molecule has 0 N–H and O–H groups in total. The van der Waals surface area contributed by atoms with Gasteiger partial charge in [-0.1, -0.05) is 49.4 Å². The smallest absolute Gasteiger partial charge is 0.140 e. The van der Waals surface area contributed by atoms with Gasteiger partial charge in [-0.05, 0) is 54.0 Å². The van der Waals surface area contributed by atoms with Crippen molar-refractivity contribution in [1.82, 2.24) is 15.0 Å². The number of hydrogen-bond donors (Lipinski definition) is 0. The Labute approximate surface area is 227 Å². The van der Waals surface area contributed by atoms with Crippen molar-refractivity contribution in [3.05, 3.63) is 89.9 Å². The third-order valence-corrected chi connectivity index (χ3v) is 9.73. The van der Waals surface area contributed by atoms with E-state index in [0.717, 1.165) is 72.6 Å². The Morgan fingerprint density at radius 2 is 1.76 bits per heavy atom.